The van der Waals surface area contributed by atoms with Gasteiger partial charge in [-0.2, -0.15) is 0 Å². The van der Waals surface area contributed by atoms with Crippen molar-refractivity contribution in [2.75, 3.05) is 0 Å². The largest absolute Gasteiger partial charge is 0.295 e. The van der Waals surface area contributed by atoms with Gasteiger partial charge < -0.3 is 0 Å². The molecule has 0 radical (unpaired) electrons. The van der Waals surface area contributed by atoms with Crippen molar-refractivity contribution < 1.29 is 4.79 Å². The third-order valence-corrected chi connectivity index (χ3v) is 2.48. The van der Waals surface area contributed by atoms with E-state index in [1.54, 1.807) is 13.0 Å². The zero-order valence-electron chi connectivity index (χ0n) is 10.4. The van der Waals surface area contributed by atoms with Gasteiger partial charge in [-0.15, -0.1) is 0 Å². The number of carbonyl (C=O) groups is 1. The summed E-state index contributed by atoms with van der Waals surface area (Å²) < 4.78 is 0. The Morgan fingerprint density at radius 1 is 1.13 bits per heavy atom. The van der Waals surface area contributed by atoms with Crippen LogP contribution < -0.4 is 0 Å². The van der Waals surface area contributed by atoms with E-state index in [-0.39, 0.29) is 5.78 Å². The third kappa shape index (κ3) is 8.17. The van der Waals surface area contributed by atoms with Crippen LogP contribution in [0.15, 0.2) is 23.8 Å². The molecule has 0 heterocycles. The molecular weight excluding hydrogens is 184 g/mol. The van der Waals surface area contributed by atoms with Crippen molar-refractivity contribution in [1.29, 1.82) is 0 Å². The van der Waals surface area contributed by atoms with E-state index in [1.807, 2.05) is 6.92 Å². The van der Waals surface area contributed by atoms with Crippen LogP contribution >= 0.6 is 0 Å². The lowest BCUT2D eigenvalue weighted by molar-refractivity contribution is -0.112. The molecular formula is C14H24O. The molecule has 86 valence electrons. The lowest BCUT2D eigenvalue weighted by Crippen LogP contribution is -1.91. The number of rotatable bonds is 8. The molecule has 0 aliphatic carbocycles. The van der Waals surface area contributed by atoms with E-state index < -0.39 is 0 Å². The molecule has 0 aromatic rings. The fourth-order valence-corrected chi connectivity index (χ4v) is 1.57. The topological polar surface area (TPSA) is 17.1 Å². The summed E-state index contributed by atoms with van der Waals surface area (Å²) in [6, 6.07) is 0. The number of hydrogen-bond acceptors (Lipinski definition) is 1. The highest BCUT2D eigenvalue weighted by Crippen LogP contribution is 2.16. The Hall–Kier alpha value is -0.850. The second kappa shape index (κ2) is 8.46. The van der Waals surface area contributed by atoms with Gasteiger partial charge in [-0.25, -0.2) is 0 Å². The van der Waals surface area contributed by atoms with Gasteiger partial charge in [0.25, 0.3) is 0 Å². The molecule has 0 saturated carbocycles. The van der Waals surface area contributed by atoms with Crippen LogP contribution in [-0.4, -0.2) is 5.78 Å². The zero-order valence-corrected chi connectivity index (χ0v) is 10.4. The second-order valence-electron chi connectivity index (χ2n) is 4.22. The van der Waals surface area contributed by atoms with Gasteiger partial charge in [0, 0.05) is 0 Å². The zero-order chi connectivity index (χ0) is 11.7. The van der Waals surface area contributed by atoms with Gasteiger partial charge in [0.05, 0.1) is 0 Å². The number of unbranched alkanes of at least 4 members (excludes halogenated alkanes) is 4. The summed E-state index contributed by atoms with van der Waals surface area (Å²) in [5, 5.41) is 0. The Morgan fingerprint density at radius 3 is 2.20 bits per heavy atom. The molecule has 0 fully saturated rings. The Morgan fingerprint density at radius 2 is 1.73 bits per heavy atom. The van der Waals surface area contributed by atoms with Crippen molar-refractivity contribution in [3.8, 4) is 0 Å². The molecule has 0 saturated heterocycles. The van der Waals surface area contributed by atoms with Gasteiger partial charge in [0.2, 0.25) is 0 Å². The third-order valence-electron chi connectivity index (χ3n) is 2.48. The summed E-state index contributed by atoms with van der Waals surface area (Å²) in [6.45, 7) is 9.69. The highest BCUT2D eigenvalue weighted by atomic mass is 16.1. The standard InChI is InChI=1S/C14H24O/c1-5-6-7-8-9-10-14(12(2)3)11-13(4)15/h11H,2,5-10H2,1,3-4H3/b14-11-. The number of carbonyl (C=O) groups excluding carboxylic acids is 1. The van der Waals surface area contributed by atoms with Crippen molar-refractivity contribution in [1.82, 2.24) is 0 Å². The van der Waals surface area contributed by atoms with Crippen molar-refractivity contribution in [2.24, 2.45) is 0 Å². The van der Waals surface area contributed by atoms with E-state index in [1.165, 1.54) is 32.1 Å². The smallest absolute Gasteiger partial charge is 0.152 e. The van der Waals surface area contributed by atoms with Crippen LogP contribution in [0.1, 0.15) is 59.3 Å². The molecule has 0 atom stereocenters. The summed E-state index contributed by atoms with van der Waals surface area (Å²) in [6.07, 6.45) is 9.05. The fourth-order valence-electron chi connectivity index (χ4n) is 1.57. The van der Waals surface area contributed by atoms with E-state index in [0.717, 1.165) is 17.6 Å². The predicted octanol–water partition coefficient (Wildman–Crippen LogP) is 4.44. The summed E-state index contributed by atoms with van der Waals surface area (Å²) >= 11 is 0. The Kier molecular flexibility index (Phi) is 7.98. The van der Waals surface area contributed by atoms with Gasteiger partial charge in [0.15, 0.2) is 5.78 Å². The van der Waals surface area contributed by atoms with E-state index in [0.29, 0.717) is 0 Å². The van der Waals surface area contributed by atoms with Crippen LogP contribution in [0.2, 0.25) is 0 Å². The lowest BCUT2D eigenvalue weighted by Gasteiger charge is -2.06. The van der Waals surface area contributed by atoms with E-state index in [2.05, 4.69) is 13.5 Å². The summed E-state index contributed by atoms with van der Waals surface area (Å²) in [5.74, 6) is 0.126. The van der Waals surface area contributed by atoms with Crippen LogP contribution in [0, 0.1) is 0 Å². The molecule has 0 amide bonds. The number of ketones is 1. The minimum absolute atomic E-state index is 0.126. The summed E-state index contributed by atoms with van der Waals surface area (Å²) in [7, 11) is 0. The Labute approximate surface area is 94.3 Å². The second-order valence-corrected chi connectivity index (χ2v) is 4.22. The molecule has 0 aliphatic heterocycles. The molecule has 1 nitrogen and oxygen atoms in total. The summed E-state index contributed by atoms with van der Waals surface area (Å²) in [5.41, 5.74) is 2.15. The van der Waals surface area contributed by atoms with Crippen LogP contribution in [0.25, 0.3) is 0 Å². The van der Waals surface area contributed by atoms with E-state index in [4.69, 9.17) is 0 Å². The van der Waals surface area contributed by atoms with Crippen LogP contribution in [-0.2, 0) is 4.79 Å². The molecule has 0 unspecified atom stereocenters. The molecule has 0 aromatic heterocycles. The molecule has 15 heavy (non-hydrogen) atoms. The molecule has 0 spiro atoms. The molecule has 0 N–H and O–H groups in total. The first-order valence-electron chi connectivity index (χ1n) is 5.95. The Bertz CT molecular complexity index is 236. The van der Waals surface area contributed by atoms with Gasteiger partial charge in [-0.1, -0.05) is 44.8 Å². The minimum atomic E-state index is 0.126. The van der Waals surface area contributed by atoms with Crippen LogP contribution in [0.3, 0.4) is 0 Å². The first kappa shape index (κ1) is 14.2. The first-order valence-corrected chi connectivity index (χ1v) is 5.95. The first-order chi connectivity index (χ1) is 7.07. The lowest BCUT2D eigenvalue weighted by atomic mass is 10.00. The average molecular weight is 208 g/mol. The monoisotopic (exact) mass is 208 g/mol. The molecule has 0 aliphatic rings. The van der Waals surface area contributed by atoms with Crippen LogP contribution in [0.4, 0.5) is 0 Å². The Balaban J connectivity index is 3.88. The van der Waals surface area contributed by atoms with Gasteiger partial charge in [0.1, 0.15) is 0 Å². The molecule has 0 rings (SSSR count). The molecule has 0 bridgehead atoms. The van der Waals surface area contributed by atoms with Crippen molar-refractivity contribution >= 4 is 5.78 Å². The maximum absolute atomic E-state index is 11.0. The predicted molar refractivity (Wildman–Crippen MR) is 67.0 cm³/mol. The summed E-state index contributed by atoms with van der Waals surface area (Å²) in [4.78, 5) is 11.0. The van der Waals surface area contributed by atoms with E-state index in [9.17, 15) is 4.79 Å². The van der Waals surface area contributed by atoms with Gasteiger partial charge >= 0.3 is 0 Å². The molecule has 0 aromatic carbocycles. The molecule has 1 heteroatoms. The minimum Gasteiger partial charge on any atom is -0.295 e. The van der Waals surface area contributed by atoms with Gasteiger partial charge in [-0.3, -0.25) is 4.79 Å². The maximum atomic E-state index is 11.0. The normalized spacial score (nSPS) is 11.5. The highest BCUT2D eigenvalue weighted by molar-refractivity contribution is 5.88. The van der Waals surface area contributed by atoms with Crippen LogP contribution in [0.5, 0.6) is 0 Å². The van der Waals surface area contributed by atoms with Crippen molar-refractivity contribution in [2.45, 2.75) is 59.3 Å². The number of allylic oxidation sites excluding steroid dienone is 3. The quantitative estimate of drug-likeness (QED) is 0.327. The van der Waals surface area contributed by atoms with Crippen molar-refractivity contribution in [3.63, 3.8) is 0 Å². The number of hydrogen-bond donors (Lipinski definition) is 0. The fraction of sp³-hybridized carbons (Fsp3) is 0.643. The maximum Gasteiger partial charge on any atom is 0.152 e. The van der Waals surface area contributed by atoms with Gasteiger partial charge in [-0.05, 0) is 38.3 Å². The van der Waals surface area contributed by atoms with E-state index >= 15 is 0 Å². The highest BCUT2D eigenvalue weighted by Gasteiger charge is 2.00. The SMILES string of the molecule is C=C(C)/C(=C\C(C)=O)CCCCCCC. The van der Waals surface area contributed by atoms with Crippen molar-refractivity contribution in [3.05, 3.63) is 23.8 Å². The average Bonchev–Trinajstić information content (AvgIpc) is 2.15.